The van der Waals surface area contributed by atoms with E-state index in [-0.39, 0.29) is 53.0 Å². The molecule has 2 aliphatic heterocycles. The van der Waals surface area contributed by atoms with Crippen LogP contribution in [0.15, 0.2) is 48.5 Å². The highest BCUT2D eigenvalue weighted by Gasteiger charge is 2.57. The number of fused-ring (bicyclic) bond motifs is 2. The van der Waals surface area contributed by atoms with Crippen molar-refractivity contribution in [3.63, 3.8) is 0 Å². The molecule has 0 saturated carbocycles. The van der Waals surface area contributed by atoms with Gasteiger partial charge in [-0.25, -0.2) is 9.37 Å². The first-order valence-electron chi connectivity index (χ1n) is 11.6. The van der Waals surface area contributed by atoms with E-state index in [2.05, 4.69) is 10.3 Å². The van der Waals surface area contributed by atoms with Crippen LogP contribution in [0.4, 0.5) is 17.6 Å². The molecule has 0 aliphatic carbocycles. The summed E-state index contributed by atoms with van der Waals surface area (Å²) in [7, 11) is 0. The Kier molecular flexibility index (Phi) is 6.13. The number of carbonyl (C=O) groups excluding carboxylic acids is 2. The van der Waals surface area contributed by atoms with Crippen molar-refractivity contribution in [1.82, 2.24) is 10.3 Å². The summed E-state index contributed by atoms with van der Waals surface area (Å²) >= 11 is 0. The highest BCUT2D eigenvalue weighted by molar-refractivity contribution is 5.98. The Bertz CT molecular complexity index is 1480. The van der Waals surface area contributed by atoms with Crippen molar-refractivity contribution in [2.45, 2.75) is 24.1 Å². The molecular formula is C26H21F4N3O6. The van der Waals surface area contributed by atoms with E-state index in [0.29, 0.717) is 0 Å². The largest absolute Gasteiger partial charge is 0.489 e. The van der Waals surface area contributed by atoms with E-state index >= 15 is 0 Å². The Morgan fingerprint density at radius 2 is 1.82 bits per heavy atom. The number of halogens is 4. The minimum Gasteiger partial charge on any atom is -0.489 e. The van der Waals surface area contributed by atoms with Gasteiger partial charge < -0.3 is 30.4 Å². The third-order valence-electron chi connectivity index (χ3n) is 6.77. The van der Waals surface area contributed by atoms with Gasteiger partial charge in [-0.2, -0.15) is 13.2 Å². The second kappa shape index (κ2) is 9.12. The average Bonchev–Trinajstić information content (AvgIpc) is 3.52. The van der Waals surface area contributed by atoms with Crippen molar-refractivity contribution in [2.24, 2.45) is 5.73 Å². The minimum absolute atomic E-state index is 0.0304. The number of carbonyl (C=O) groups is 2. The van der Waals surface area contributed by atoms with E-state index in [1.807, 2.05) is 0 Å². The maximum Gasteiger partial charge on any atom is 0.424 e. The highest BCUT2D eigenvalue weighted by atomic mass is 19.4. The number of primary amides is 1. The second-order valence-corrected chi connectivity index (χ2v) is 9.30. The molecule has 0 saturated heterocycles. The Labute approximate surface area is 218 Å². The van der Waals surface area contributed by atoms with Crippen molar-refractivity contribution in [3.05, 3.63) is 71.2 Å². The summed E-state index contributed by atoms with van der Waals surface area (Å²) in [5, 5.41) is 13.2. The molecule has 4 N–H and O–H groups in total. The normalized spacial score (nSPS) is 19.1. The second-order valence-electron chi connectivity index (χ2n) is 9.30. The van der Waals surface area contributed by atoms with Crippen LogP contribution in [-0.4, -0.2) is 48.0 Å². The molecule has 0 bridgehead atoms. The monoisotopic (exact) mass is 547 g/mol. The van der Waals surface area contributed by atoms with Crippen LogP contribution in [0, 0.1) is 5.82 Å². The maximum absolute atomic E-state index is 14.5. The molecule has 0 fully saturated rings. The summed E-state index contributed by atoms with van der Waals surface area (Å²) in [6, 6.07) is 9.85. The molecule has 3 heterocycles. The number of hydrogen-bond acceptors (Lipinski definition) is 7. The van der Waals surface area contributed by atoms with E-state index in [1.165, 1.54) is 37.3 Å². The van der Waals surface area contributed by atoms with Crippen LogP contribution in [0.2, 0.25) is 0 Å². The fraction of sp³-hybridized carbons (Fsp3) is 0.269. The number of ether oxygens (including phenoxy) is 3. The van der Waals surface area contributed by atoms with Gasteiger partial charge in [0.05, 0.1) is 17.8 Å². The Morgan fingerprint density at radius 3 is 2.49 bits per heavy atom. The molecule has 2 atom stereocenters. The van der Waals surface area contributed by atoms with Crippen molar-refractivity contribution in [3.8, 4) is 28.5 Å². The Hall–Kier alpha value is -4.39. The molecule has 2 aliphatic rings. The van der Waals surface area contributed by atoms with E-state index < -0.39 is 47.1 Å². The van der Waals surface area contributed by atoms with E-state index in [9.17, 15) is 32.3 Å². The Balaban J connectivity index is 1.60. The van der Waals surface area contributed by atoms with Crippen LogP contribution >= 0.6 is 0 Å². The van der Waals surface area contributed by atoms with Crippen molar-refractivity contribution in [2.75, 3.05) is 19.9 Å². The lowest BCUT2D eigenvalue weighted by atomic mass is 9.81. The quantitative estimate of drug-likeness (QED) is 0.404. The number of nitrogens with zero attached hydrogens (tertiary/aromatic N) is 1. The van der Waals surface area contributed by atoms with E-state index in [0.717, 1.165) is 18.2 Å². The number of rotatable bonds is 6. The number of benzene rings is 2. The van der Waals surface area contributed by atoms with Gasteiger partial charge in [-0.15, -0.1) is 0 Å². The molecular weight excluding hydrogens is 526 g/mol. The molecule has 2 aromatic carbocycles. The first-order valence-corrected chi connectivity index (χ1v) is 11.6. The van der Waals surface area contributed by atoms with Crippen molar-refractivity contribution < 1.29 is 46.5 Å². The van der Waals surface area contributed by atoms with Crippen molar-refractivity contribution >= 4 is 11.8 Å². The lowest BCUT2D eigenvalue weighted by Gasteiger charge is -2.31. The molecule has 5 rings (SSSR count). The van der Waals surface area contributed by atoms with Crippen LogP contribution in [0.3, 0.4) is 0 Å². The molecule has 0 radical (unpaired) electrons. The van der Waals surface area contributed by atoms with E-state index in [4.69, 9.17) is 19.9 Å². The van der Waals surface area contributed by atoms with Gasteiger partial charge in [0.15, 0.2) is 11.5 Å². The summed E-state index contributed by atoms with van der Waals surface area (Å²) < 4.78 is 73.1. The molecule has 3 aromatic rings. The number of nitrogens with two attached hydrogens (primary N) is 1. The van der Waals surface area contributed by atoms with Gasteiger partial charge in [-0.3, -0.25) is 9.59 Å². The predicted molar refractivity (Wildman–Crippen MR) is 127 cm³/mol. The molecule has 39 heavy (non-hydrogen) atoms. The highest BCUT2D eigenvalue weighted by Crippen LogP contribution is 2.47. The number of aromatic nitrogens is 1. The molecule has 0 spiro atoms. The first kappa shape index (κ1) is 26.2. The van der Waals surface area contributed by atoms with Gasteiger partial charge in [-0.1, -0.05) is 6.07 Å². The molecule has 0 unspecified atom stereocenters. The van der Waals surface area contributed by atoms with Crippen LogP contribution in [0.25, 0.3) is 11.3 Å². The van der Waals surface area contributed by atoms with Gasteiger partial charge in [0.1, 0.15) is 29.3 Å². The van der Waals surface area contributed by atoms with Crippen LogP contribution in [0.1, 0.15) is 28.5 Å². The van der Waals surface area contributed by atoms with Crippen LogP contribution in [0.5, 0.6) is 17.2 Å². The van der Waals surface area contributed by atoms with Gasteiger partial charge >= 0.3 is 6.18 Å². The fourth-order valence-corrected chi connectivity index (χ4v) is 4.35. The number of para-hydroxylation sites is 1. The average molecular weight is 547 g/mol. The number of alkyl halides is 3. The minimum atomic E-state index is -5.34. The zero-order valence-electron chi connectivity index (χ0n) is 20.3. The number of nitrogens with one attached hydrogen (secondary N) is 1. The number of amides is 2. The molecule has 1 aromatic heterocycles. The van der Waals surface area contributed by atoms with Crippen LogP contribution < -0.4 is 25.3 Å². The van der Waals surface area contributed by atoms with Crippen molar-refractivity contribution in [1.29, 1.82) is 0 Å². The van der Waals surface area contributed by atoms with Gasteiger partial charge in [0.25, 0.3) is 5.91 Å². The van der Waals surface area contributed by atoms with Gasteiger partial charge in [-0.05, 0) is 49.4 Å². The van der Waals surface area contributed by atoms with E-state index in [1.54, 1.807) is 0 Å². The summed E-state index contributed by atoms with van der Waals surface area (Å²) in [6.45, 7) is -0.425. The predicted octanol–water partition coefficient (Wildman–Crippen LogP) is 2.93. The standard InChI is InChI=1S/C26H21F4N3O6/c1-24(23(31)35)11-37-21-16(24)9-18(33-19(21)13-5-7-14(27)8-6-13)25(36,26(28,29)30)10-32-22(34)15-3-2-4-17-20(15)39-12-38-17/h2-9,36H,10-12H2,1H3,(H2,31,35)(H,32,34)/t24-,25-/m0/s1. The summed E-state index contributed by atoms with van der Waals surface area (Å²) in [6.07, 6.45) is -5.34. The lowest BCUT2D eigenvalue weighted by Crippen LogP contribution is -2.51. The Morgan fingerprint density at radius 1 is 1.10 bits per heavy atom. The zero-order chi connectivity index (χ0) is 28.2. The topological polar surface area (TPSA) is 133 Å². The molecule has 204 valence electrons. The lowest BCUT2D eigenvalue weighted by molar-refractivity contribution is -0.265. The number of hydrogen-bond donors (Lipinski definition) is 3. The molecule has 9 nitrogen and oxygen atoms in total. The number of aliphatic hydroxyl groups is 1. The first-order chi connectivity index (χ1) is 18.3. The third-order valence-corrected chi connectivity index (χ3v) is 6.77. The van der Waals surface area contributed by atoms with Crippen LogP contribution in [-0.2, 0) is 15.8 Å². The number of pyridine rings is 1. The fourth-order valence-electron chi connectivity index (χ4n) is 4.35. The SMILES string of the molecule is C[C@]1(C(N)=O)COc2c1cc([C@@](O)(CNC(=O)c1cccc3c1OCO3)C(F)(F)F)nc2-c1ccc(F)cc1. The van der Waals surface area contributed by atoms with Gasteiger partial charge in [0, 0.05) is 11.1 Å². The summed E-state index contributed by atoms with van der Waals surface area (Å²) in [5.74, 6) is -2.20. The zero-order valence-corrected chi connectivity index (χ0v) is 20.3. The van der Waals surface area contributed by atoms with Gasteiger partial charge in [0.2, 0.25) is 18.3 Å². The summed E-state index contributed by atoms with van der Waals surface area (Å²) in [5.41, 5.74) is -0.800. The molecule has 13 heteroatoms. The molecule has 2 amide bonds. The summed E-state index contributed by atoms with van der Waals surface area (Å²) in [4.78, 5) is 29.2. The third kappa shape index (κ3) is 4.28. The maximum atomic E-state index is 14.5. The smallest absolute Gasteiger partial charge is 0.424 e.